The Bertz CT molecular complexity index is 376. The summed E-state index contributed by atoms with van der Waals surface area (Å²) in [5, 5.41) is 9.30. The summed E-state index contributed by atoms with van der Waals surface area (Å²) in [6, 6.07) is 7.32. The van der Waals surface area contributed by atoms with Crippen LogP contribution >= 0.6 is 0 Å². The average Bonchev–Trinajstić information content (AvgIpc) is 2.29. The second-order valence-corrected chi connectivity index (χ2v) is 4.39. The van der Waals surface area contributed by atoms with Crippen molar-refractivity contribution < 1.29 is 9.90 Å². The Morgan fingerprint density at radius 3 is 2.35 bits per heavy atom. The van der Waals surface area contributed by atoms with Gasteiger partial charge in [0.1, 0.15) is 5.54 Å². The van der Waals surface area contributed by atoms with Crippen molar-refractivity contribution in [2.45, 2.75) is 31.7 Å². The third-order valence-electron chi connectivity index (χ3n) is 2.97. The number of benzene rings is 1. The van der Waals surface area contributed by atoms with Crippen LogP contribution in [0, 0.1) is 6.92 Å². The molecular formula is C13H20N2O2. The summed E-state index contributed by atoms with van der Waals surface area (Å²) in [5.74, 6) is -0.988. The highest BCUT2D eigenvalue weighted by Gasteiger charge is 2.35. The van der Waals surface area contributed by atoms with Gasteiger partial charge in [0, 0.05) is 0 Å². The highest BCUT2D eigenvalue weighted by atomic mass is 16.4. The molecule has 5 N–H and O–H groups in total. The van der Waals surface area contributed by atoms with Crippen molar-refractivity contribution in [2.75, 3.05) is 6.54 Å². The van der Waals surface area contributed by atoms with Gasteiger partial charge in [-0.3, -0.25) is 0 Å². The van der Waals surface area contributed by atoms with Crippen molar-refractivity contribution in [3.8, 4) is 0 Å². The molecule has 0 saturated carbocycles. The molecule has 0 aromatic heterocycles. The highest BCUT2D eigenvalue weighted by Crippen LogP contribution is 2.25. The largest absolute Gasteiger partial charge is 0.480 e. The Morgan fingerprint density at radius 1 is 1.29 bits per heavy atom. The third-order valence-corrected chi connectivity index (χ3v) is 2.97. The molecule has 4 heteroatoms. The van der Waals surface area contributed by atoms with Crippen molar-refractivity contribution in [1.29, 1.82) is 0 Å². The van der Waals surface area contributed by atoms with Crippen LogP contribution in [0.25, 0.3) is 0 Å². The molecule has 1 aromatic carbocycles. The van der Waals surface area contributed by atoms with Gasteiger partial charge < -0.3 is 16.6 Å². The molecular weight excluding hydrogens is 216 g/mol. The normalized spacial score (nSPS) is 14.3. The number of hydrogen-bond donors (Lipinski definition) is 3. The quantitative estimate of drug-likeness (QED) is 0.651. The molecule has 0 aliphatic carbocycles. The van der Waals surface area contributed by atoms with E-state index in [2.05, 4.69) is 0 Å². The van der Waals surface area contributed by atoms with Crippen LogP contribution in [0.3, 0.4) is 0 Å². The average molecular weight is 236 g/mol. The molecule has 1 rings (SSSR count). The van der Waals surface area contributed by atoms with Crippen LogP contribution in [0.1, 0.15) is 30.4 Å². The van der Waals surface area contributed by atoms with E-state index < -0.39 is 11.5 Å². The van der Waals surface area contributed by atoms with E-state index in [4.69, 9.17) is 11.5 Å². The SMILES string of the molecule is Cc1ccc([C@](N)(CCCCN)C(=O)O)cc1. The molecule has 94 valence electrons. The van der Waals surface area contributed by atoms with Crippen LogP contribution in [0.5, 0.6) is 0 Å². The first-order chi connectivity index (χ1) is 8.00. The van der Waals surface area contributed by atoms with Crippen molar-refractivity contribution in [2.24, 2.45) is 11.5 Å². The monoisotopic (exact) mass is 236 g/mol. The van der Waals surface area contributed by atoms with Gasteiger partial charge in [0.25, 0.3) is 0 Å². The van der Waals surface area contributed by atoms with E-state index in [1.807, 2.05) is 19.1 Å². The van der Waals surface area contributed by atoms with Crippen molar-refractivity contribution >= 4 is 5.97 Å². The van der Waals surface area contributed by atoms with Crippen LogP contribution in [-0.4, -0.2) is 17.6 Å². The van der Waals surface area contributed by atoms with Gasteiger partial charge in [0.05, 0.1) is 0 Å². The number of hydrogen-bond acceptors (Lipinski definition) is 3. The van der Waals surface area contributed by atoms with Crippen molar-refractivity contribution in [3.63, 3.8) is 0 Å². The molecule has 0 radical (unpaired) electrons. The summed E-state index contributed by atoms with van der Waals surface area (Å²) in [6.07, 6.45) is 1.91. The summed E-state index contributed by atoms with van der Waals surface area (Å²) in [4.78, 5) is 11.3. The fourth-order valence-corrected chi connectivity index (χ4v) is 1.77. The van der Waals surface area contributed by atoms with E-state index in [0.717, 1.165) is 12.0 Å². The van der Waals surface area contributed by atoms with Gasteiger partial charge in [-0.1, -0.05) is 29.8 Å². The van der Waals surface area contributed by atoms with Crippen molar-refractivity contribution in [1.82, 2.24) is 0 Å². The van der Waals surface area contributed by atoms with Crippen LogP contribution < -0.4 is 11.5 Å². The maximum absolute atomic E-state index is 11.3. The van der Waals surface area contributed by atoms with Crippen LogP contribution in [0.4, 0.5) is 0 Å². The summed E-state index contributed by atoms with van der Waals surface area (Å²) < 4.78 is 0. The van der Waals surface area contributed by atoms with Gasteiger partial charge >= 0.3 is 5.97 Å². The van der Waals surface area contributed by atoms with E-state index in [1.54, 1.807) is 12.1 Å². The van der Waals surface area contributed by atoms with E-state index in [-0.39, 0.29) is 0 Å². The number of rotatable bonds is 6. The van der Waals surface area contributed by atoms with Gasteiger partial charge in [-0.05, 0) is 38.3 Å². The fourth-order valence-electron chi connectivity index (χ4n) is 1.77. The number of unbranched alkanes of at least 4 members (excludes halogenated alkanes) is 1. The molecule has 0 aliphatic heterocycles. The zero-order valence-electron chi connectivity index (χ0n) is 10.1. The van der Waals surface area contributed by atoms with Gasteiger partial charge in [-0.15, -0.1) is 0 Å². The first kappa shape index (κ1) is 13.7. The van der Waals surface area contributed by atoms with E-state index >= 15 is 0 Å². The fraction of sp³-hybridized carbons (Fsp3) is 0.462. The predicted molar refractivity (Wildman–Crippen MR) is 67.6 cm³/mol. The molecule has 1 aromatic rings. The van der Waals surface area contributed by atoms with Crippen LogP contribution in [0.15, 0.2) is 24.3 Å². The lowest BCUT2D eigenvalue weighted by atomic mass is 9.85. The van der Waals surface area contributed by atoms with Crippen LogP contribution in [0.2, 0.25) is 0 Å². The van der Waals surface area contributed by atoms with Gasteiger partial charge in [0.2, 0.25) is 0 Å². The lowest BCUT2D eigenvalue weighted by molar-refractivity contribution is -0.144. The Labute approximate surface area is 102 Å². The Morgan fingerprint density at radius 2 is 1.88 bits per heavy atom. The third kappa shape index (κ3) is 3.28. The number of carboxylic acids is 1. The second kappa shape index (κ2) is 5.80. The summed E-state index contributed by atoms with van der Waals surface area (Å²) >= 11 is 0. The summed E-state index contributed by atoms with van der Waals surface area (Å²) in [6.45, 7) is 2.51. The molecule has 17 heavy (non-hydrogen) atoms. The Kier molecular flexibility index (Phi) is 4.66. The smallest absolute Gasteiger partial charge is 0.328 e. The van der Waals surface area contributed by atoms with E-state index in [9.17, 15) is 9.90 Å². The molecule has 0 unspecified atom stereocenters. The maximum atomic E-state index is 11.3. The Balaban J connectivity index is 2.90. The summed E-state index contributed by atoms with van der Waals surface area (Å²) in [7, 11) is 0. The predicted octanol–water partition coefficient (Wildman–Crippen LogP) is 1.36. The number of aliphatic carboxylic acids is 1. The van der Waals surface area contributed by atoms with Crippen LogP contribution in [-0.2, 0) is 10.3 Å². The first-order valence-electron chi connectivity index (χ1n) is 5.80. The minimum atomic E-state index is -1.30. The topological polar surface area (TPSA) is 89.3 Å². The minimum absolute atomic E-state index is 0.405. The molecule has 0 amide bonds. The zero-order valence-corrected chi connectivity index (χ0v) is 10.1. The molecule has 0 fully saturated rings. The molecule has 0 aliphatic rings. The number of nitrogens with two attached hydrogens (primary N) is 2. The Hall–Kier alpha value is -1.39. The van der Waals surface area contributed by atoms with E-state index in [0.29, 0.717) is 24.9 Å². The lowest BCUT2D eigenvalue weighted by Crippen LogP contribution is -2.44. The molecule has 0 heterocycles. The van der Waals surface area contributed by atoms with E-state index in [1.165, 1.54) is 0 Å². The molecule has 1 atom stereocenters. The summed E-state index contributed by atoms with van der Waals surface area (Å²) in [5.41, 5.74) is 11.8. The number of carboxylic acid groups (broad SMARTS) is 1. The lowest BCUT2D eigenvalue weighted by Gasteiger charge is -2.25. The minimum Gasteiger partial charge on any atom is -0.480 e. The van der Waals surface area contributed by atoms with Crippen molar-refractivity contribution in [3.05, 3.63) is 35.4 Å². The molecule has 0 bridgehead atoms. The molecule has 4 nitrogen and oxygen atoms in total. The zero-order chi connectivity index (χ0) is 12.9. The second-order valence-electron chi connectivity index (χ2n) is 4.39. The number of aryl methyl sites for hydroxylation is 1. The standard InChI is InChI=1S/C13H20N2O2/c1-10-4-6-11(7-5-10)13(15,12(16)17)8-2-3-9-14/h4-7H,2-3,8-9,14-15H2,1H3,(H,16,17)/t13-/m1/s1. The molecule has 0 saturated heterocycles. The van der Waals surface area contributed by atoms with Gasteiger partial charge in [-0.25, -0.2) is 4.79 Å². The number of carbonyl (C=O) groups is 1. The van der Waals surface area contributed by atoms with Gasteiger partial charge in [-0.2, -0.15) is 0 Å². The molecule has 0 spiro atoms. The first-order valence-corrected chi connectivity index (χ1v) is 5.80. The highest BCUT2D eigenvalue weighted by molar-refractivity contribution is 5.80. The van der Waals surface area contributed by atoms with Gasteiger partial charge in [0.15, 0.2) is 0 Å². The maximum Gasteiger partial charge on any atom is 0.328 e.